The van der Waals surface area contributed by atoms with E-state index in [4.69, 9.17) is 15.6 Å². The smallest absolute Gasteiger partial charge is 0.166 e. The van der Waals surface area contributed by atoms with E-state index in [0.717, 1.165) is 27.7 Å². The Kier molecular flexibility index (Phi) is 5.07. The number of fused-ring (bicyclic) bond motifs is 1. The predicted molar refractivity (Wildman–Crippen MR) is 77.7 cm³/mol. The van der Waals surface area contributed by atoms with Crippen LogP contribution in [0, 0.1) is 0 Å². The third-order valence-electron chi connectivity index (χ3n) is 2.68. The number of aromatic amines is 1. The molecule has 0 bridgehead atoms. The molecule has 19 heavy (non-hydrogen) atoms. The van der Waals surface area contributed by atoms with Gasteiger partial charge in [0, 0.05) is 24.5 Å². The van der Waals surface area contributed by atoms with Crippen LogP contribution in [0.3, 0.4) is 0 Å². The first-order valence-electron chi connectivity index (χ1n) is 6.34. The fourth-order valence-corrected chi connectivity index (χ4v) is 2.61. The summed E-state index contributed by atoms with van der Waals surface area (Å²) in [4.78, 5) is 7.73. The second kappa shape index (κ2) is 6.79. The molecule has 0 aliphatic rings. The van der Waals surface area contributed by atoms with E-state index in [1.54, 1.807) is 11.8 Å². The lowest BCUT2D eigenvalue weighted by molar-refractivity contribution is 0.279. The van der Waals surface area contributed by atoms with Gasteiger partial charge in [-0.05, 0) is 25.5 Å². The highest BCUT2D eigenvalue weighted by atomic mass is 32.2. The number of hydrogen-bond donors (Lipinski definition) is 3. The van der Waals surface area contributed by atoms with Crippen LogP contribution in [0.2, 0.25) is 0 Å². The minimum Gasteiger partial charge on any atom is -0.494 e. The number of benzene rings is 1. The molecular weight excluding hydrogens is 262 g/mol. The molecule has 0 radical (unpaired) electrons. The number of thioether (sulfide) groups is 1. The number of ether oxygens (including phenoxy) is 1. The molecule has 2 rings (SSSR count). The van der Waals surface area contributed by atoms with E-state index in [-0.39, 0.29) is 12.6 Å². The predicted octanol–water partition coefficient (Wildman–Crippen LogP) is 1.76. The number of imidazole rings is 1. The molecule has 6 heteroatoms. The molecule has 0 aliphatic heterocycles. The second-order valence-corrected chi connectivity index (χ2v) is 5.25. The first-order chi connectivity index (χ1) is 9.22. The highest BCUT2D eigenvalue weighted by molar-refractivity contribution is 7.99. The van der Waals surface area contributed by atoms with Crippen molar-refractivity contribution in [2.75, 3.05) is 19.0 Å². The Labute approximate surface area is 116 Å². The Hall–Kier alpha value is -1.24. The van der Waals surface area contributed by atoms with Gasteiger partial charge in [-0.2, -0.15) is 0 Å². The van der Waals surface area contributed by atoms with Gasteiger partial charge in [0.25, 0.3) is 0 Å². The van der Waals surface area contributed by atoms with Gasteiger partial charge in [-0.3, -0.25) is 0 Å². The van der Waals surface area contributed by atoms with Crippen LogP contribution in [0.25, 0.3) is 11.0 Å². The van der Waals surface area contributed by atoms with Gasteiger partial charge in [-0.1, -0.05) is 11.8 Å². The molecule has 0 saturated heterocycles. The summed E-state index contributed by atoms with van der Waals surface area (Å²) in [6, 6.07) is 5.79. The van der Waals surface area contributed by atoms with Crippen molar-refractivity contribution in [2.24, 2.45) is 5.73 Å². The van der Waals surface area contributed by atoms with Gasteiger partial charge in [0.15, 0.2) is 5.16 Å². The normalized spacial score (nSPS) is 12.8. The van der Waals surface area contributed by atoms with E-state index >= 15 is 0 Å². The molecule has 0 saturated carbocycles. The molecule has 0 amide bonds. The third kappa shape index (κ3) is 3.86. The van der Waals surface area contributed by atoms with Crippen molar-refractivity contribution in [2.45, 2.75) is 24.5 Å². The number of nitrogens with one attached hydrogen (secondary N) is 1. The zero-order chi connectivity index (χ0) is 13.7. The molecule has 1 heterocycles. The van der Waals surface area contributed by atoms with Crippen molar-refractivity contribution in [1.82, 2.24) is 9.97 Å². The van der Waals surface area contributed by atoms with Gasteiger partial charge >= 0.3 is 0 Å². The van der Waals surface area contributed by atoms with Crippen molar-refractivity contribution in [1.29, 1.82) is 0 Å². The minimum atomic E-state index is -0.0119. The average molecular weight is 281 g/mol. The summed E-state index contributed by atoms with van der Waals surface area (Å²) in [5.41, 5.74) is 7.73. The lowest BCUT2D eigenvalue weighted by Gasteiger charge is -2.06. The Morgan fingerprint density at radius 3 is 3.11 bits per heavy atom. The van der Waals surface area contributed by atoms with Gasteiger partial charge in [-0.25, -0.2) is 4.98 Å². The average Bonchev–Trinajstić information content (AvgIpc) is 2.79. The minimum absolute atomic E-state index is 0.0119. The Morgan fingerprint density at radius 1 is 1.53 bits per heavy atom. The molecule has 0 fully saturated rings. The van der Waals surface area contributed by atoms with Gasteiger partial charge < -0.3 is 20.6 Å². The quantitative estimate of drug-likeness (QED) is 0.674. The van der Waals surface area contributed by atoms with E-state index in [0.29, 0.717) is 13.0 Å². The molecule has 1 atom stereocenters. The van der Waals surface area contributed by atoms with Gasteiger partial charge in [0.2, 0.25) is 0 Å². The highest BCUT2D eigenvalue weighted by Gasteiger charge is 2.07. The molecule has 0 aliphatic carbocycles. The summed E-state index contributed by atoms with van der Waals surface area (Å²) < 4.78 is 5.45. The van der Waals surface area contributed by atoms with Crippen molar-refractivity contribution >= 4 is 22.8 Å². The van der Waals surface area contributed by atoms with Crippen molar-refractivity contribution in [3.05, 3.63) is 18.2 Å². The maximum absolute atomic E-state index is 8.80. The molecule has 1 unspecified atom stereocenters. The van der Waals surface area contributed by atoms with Crippen LogP contribution >= 0.6 is 11.8 Å². The number of aromatic nitrogens is 2. The van der Waals surface area contributed by atoms with Crippen molar-refractivity contribution in [3.8, 4) is 5.75 Å². The maximum Gasteiger partial charge on any atom is 0.166 e. The largest absolute Gasteiger partial charge is 0.494 e. The number of nitrogens with zero attached hydrogens (tertiary/aromatic N) is 1. The SMILES string of the molecule is CCOc1ccc2nc(SCC(N)CCO)[nH]c2c1. The molecule has 5 nitrogen and oxygen atoms in total. The number of H-pyrrole nitrogens is 1. The summed E-state index contributed by atoms with van der Waals surface area (Å²) >= 11 is 1.57. The summed E-state index contributed by atoms with van der Waals surface area (Å²) in [7, 11) is 0. The fourth-order valence-electron chi connectivity index (χ4n) is 1.73. The van der Waals surface area contributed by atoms with E-state index in [1.165, 1.54) is 0 Å². The Morgan fingerprint density at radius 2 is 2.37 bits per heavy atom. The first-order valence-corrected chi connectivity index (χ1v) is 7.33. The van der Waals surface area contributed by atoms with E-state index < -0.39 is 0 Å². The lowest BCUT2D eigenvalue weighted by atomic mass is 10.3. The van der Waals surface area contributed by atoms with E-state index in [2.05, 4.69) is 9.97 Å². The van der Waals surface area contributed by atoms with E-state index in [9.17, 15) is 0 Å². The van der Waals surface area contributed by atoms with Gasteiger partial charge in [0.1, 0.15) is 5.75 Å². The summed E-state index contributed by atoms with van der Waals surface area (Å²) in [6.45, 7) is 2.73. The summed E-state index contributed by atoms with van der Waals surface area (Å²) in [5.74, 6) is 1.57. The van der Waals surface area contributed by atoms with E-state index in [1.807, 2.05) is 25.1 Å². The summed E-state index contributed by atoms with van der Waals surface area (Å²) in [5, 5.41) is 9.65. The monoisotopic (exact) mass is 281 g/mol. The molecule has 104 valence electrons. The van der Waals surface area contributed by atoms with Crippen molar-refractivity contribution < 1.29 is 9.84 Å². The zero-order valence-corrected chi connectivity index (χ0v) is 11.7. The topological polar surface area (TPSA) is 84.2 Å². The zero-order valence-electron chi connectivity index (χ0n) is 10.9. The van der Waals surface area contributed by atoms with Crippen molar-refractivity contribution in [3.63, 3.8) is 0 Å². The number of hydrogen-bond acceptors (Lipinski definition) is 5. The van der Waals surface area contributed by atoms with Crippen LogP contribution < -0.4 is 10.5 Å². The van der Waals surface area contributed by atoms with Crippen LogP contribution in [0.4, 0.5) is 0 Å². The van der Waals surface area contributed by atoms with Crippen LogP contribution in [0.15, 0.2) is 23.4 Å². The Bertz CT molecular complexity index is 530. The second-order valence-electron chi connectivity index (χ2n) is 4.24. The number of aliphatic hydroxyl groups excluding tert-OH is 1. The standard InChI is InChI=1S/C13H19N3O2S/c1-2-18-10-3-4-11-12(7-10)16-13(15-11)19-8-9(14)5-6-17/h3-4,7,9,17H,2,5-6,8,14H2,1H3,(H,15,16). The first kappa shape index (κ1) is 14.2. The highest BCUT2D eigenvalue weighted by Crippen LogP contribution is 2.23. The molecule has 4 N–H and O–H groups in total. The van der Waals surface area contributed by atoms with Gasteiger partial charge in [-0.15, -0.1) is 0 Å². The third-order valence-corrected chi connectivity index (χ3v) is 3.74. The Balaban J connectivity index is 2.04. The maximum atomic E-state index is 8.80. The lowest BCUT2D eigenvalue weighted by Crippen LogP contribution is -2.23. The number of nitrogens with two attached hydrogens (primary N) is 1. The van der Waals surface area contributed by atoms with Gasteiger partial charge in [0.05, 0.1) is 17.6 Å². The number of aliphatic hydroxyl groups is 1. The van der Waals surface area contributed by atoms with Crippen LogP contribution in [-0.2, 0) is 0 Å². The van der Waals surface area contributed by atoms with Crippen LogP contribution in [-0.4, -0.2) is 40.1 Å². The molecule has 0 spiro atoms. The molecule has 2 aromatic rings. The summed E-state index contributed by atoms with van der Waals surface area (Å²) in [6.07, 6.45) is 0.613. The molecule has 1 aromatic heterocycles. The number of rotatable bonds is 7. The van der Waals surface area contributed by atoms with Crippen LogP contribution in [0.1, 0.15) is 13.3 Å². The molecular formula is C13H19N3O2S. The van der Waals surface area contributed by atoms with Crippen LogP contribution in [0.5, 0.6) is 5.75 Å². The molecule has 1 aromatic carbocycles. The fraction of sp³-hybridized carbons (Fsp3) is 0.462.